The van der Waals surface area contributed by atoms with Gasteiger partial charge in [0.2, 0.25) is 5.91 Å². The first-order chi connectivity index (χ1) is 12.6. The van der Waals surface area contributed by atoms with Crippen LogP contribution in [0.25, 0.3) is 0 Å². The molecule has 1 aromatic carbocycles. The third-order valence-corrected chi connectivity index (χ3v) is 5.31. The molecule has 6 nitrogen and oxygen atoms in total. The summed E-state index contributed by atoms with van der Waals surface area (Å²) < 4.78 is 0.982. The summed E-state index contributed by atoms with van der Waals surface area (Å²) in [6.45, 7) is 3.40. The SMILES string of the molecule is CCc1cnc(CCNC(=NC)NCCC(=O)Nc2ccc(Br)cc2)s1.I. The molecule has 0 saturated carbocycles. The minimum Gasteiger partial charge on any atom is -0.356 e. The molecule has 27 heavy (non-hydrogen) atoms. The van der Waals surface area contributed by atoms with E-state index in [1.165, 1.54) is 4.88 Å². The van der Waals surface area contributed by atoms with Crippen LogP contribution >= 0.6 is 51.2 Å². The van der Waals surface area contributed by atoms with Crippen LogP contribution in [0.1, 0.15) is 23.2 Å². The summed E-state index contributed by atoms with van der Waals surface area (Å²) in [4.78, 5) is 21.8. The van der Waals surface area contributed by atoms with Crippen LogP contribution in [-0.4, -0.2) is 37.0 Å². The lowest BCUT2D eigenvalue weighted by molar-refractivity contribution is -0.116. The zero-order valence-electron chi connectivity index (χ0n) is 15.4. The first kappa shape index (κ1) is 23.8. The summed E-state index contributed by atoms with van der Waals surface area (Å²) in [5, 5.41) is 10.4. The number of rotatable bonds is 8. The number of amides is 1. The van der Waals surface area contributed by atoms with Gasteiger partial charge in [-0.2, -0.15) is 0 Å². The van der Waals surface area contributed by atoms with Gasteiger partial charge < -0.3 is 16.0 Å². The standard InChI is InChI=1S/C18H24BrN5OS.HI/c1-3-15-12-23-17(26-15)9-11-22-18(20-2)21-10-8-16(25)24-14-6-4-13(19)5-7-14;/h4-7,12H,3,8-11H2,1-2H3,(H,24,25)(H2,20,21,22);1H. The third kappa shape index (κ3) is 9.02. The summed E-state index contributed by atoms with van der Waals surface area (Å²) in [7, 11) is 1.72. The number of nitrogens with one attached hydrogen (secondary N) is 3. The van der Waals surface area contributed by atoms with Gasteiger partial charge in [-0.05, 0) is 30.7 Å². The van der Waals surface area contributed by atoms with Crippen molar-refractivity contribution in [3.05, 3.63) is 44.8 Å². The van der Waals surface area contributed by atoms with Gasteiger partial charge in [-0.15, -0.1) is 35.3 Å². The fourth-order valence-corrected chi connectivity index (χ4v) is 3.31. The molecule has 1 aromatic heterocycles. The number of benzene rings is 1. The Balaban J connectivity index is 0.00000364. The Labute approximate surface area is 189 Å². The van der Waals surface area contributed by atoms with Crippen LogP contribution < -0.4 is 16.0 Å². The lowest BCUT2D eigenvalue weighted by Crippen LogP contribution is -2.39. The molecule has 148 valence electrons. The topological polar surface area (TPSA) is 78.4 Å². The summed E-state index contributed by atoms with van der Waals surface area (Å²) in [6, 6.07) is 7.51. The van der Waals surface area contributed by atoms with Crippen molar-refractivity contribution < 1.29 is 4.79 Å². The monoisotopic (exact) mass is 565 g/mol. The van der Waals surface area contributed by atoms with Crippen molar-refractivity contribution in [2.24, 2.45) is 4.99 Å². The zero-order chi connectivity index (χ0) is 18.8. The molecule has 0 unspecified atom stereocenters. The van der Waals surface area contributed by atoms with Crippen molar-refractivity contribution in [1.82, 2.24) is 15.6 Å². The highest BCUT2D eigenvalue weighted by molar-refractivity contribution is 14.0. The molecule has 2 aromatic rings. The molecule has 0 saturated heterocycles. The molecule has 0 radical (unpaired) electrons. The van der Waals surface area contributed by atoms with Crippen LogP contribution in [0.2, 0.25) is 0 Å². The number of anilines is 1. The number of aryl methyl sites for hydroxylation is 1. The zero-order valence-corrected chi connectivity index (χ0v) is 20.2. The molecular formula is C18H25BrIN5OS. The summed E-state index contributed by atoms with van der Waals surface area (Å²) in [5.41, 5.74) is 0.788. The number of hydrogen-bond acceptors (Lipinski definition) is 4. The molecule has 0 aliphatic rings. The van der Waals surface area contributed by atoms with Gasteiger partial charge in [0.25, 0.3) is 0 Å². The first-order valence-electron chi connectivity index (χ1n) is 8.54. The second kappa shape index (κ2) is 13.1. The van der Waals surface area contributed by atoms with E-state index in [-0.39, 0.29) is 29.9 Å². The fraction of sp³-hybridized carbons (Fsp3) is 0.389. The number of aliphatic imine (C=N–C) groups is 1. The maximum atomic E-state index is 12.0. The predicted molar refractivity (Wildman–Crippen MR) is 127 cm³/mol. The average molecular weight is 566 g/mol. The molecule has 3 N–H and O–H groups in total. The summed E-state index contributed by atoms with van der Waals surface area (Å²) in [5.74, 6) is 0.652. The number of aromatic nitrogens is 1. The number of nitrogens with zero attached hydrogens (tertiary/aromatic N) is 2. The van der Waals surface area contributed by atoms with Gasteiger partial charge in [0.15, 0.2) is 5.96 Å². The van der Waals surface area contributed by atoms with Gasteiger partial charge in [-0.1, -0.05) is 22.9 Å². The Hall–Kier alpha value is -1.20. The van der Waals surface area contributed by atoms with Gasteiger partial charge >= 0.3 is 0 Å². The number of halogens is 2. The van der Waals surface area contributed by atoms with Crippen molar-refractivity contribution in [2.45, 2.75) is 26.2 Å². The predicted octanol–water partition coefficient (Wildman–Crippen LogP) is 3.82. The largest absolute Gasteiger partial charge is 0.356 e. The average Bonchev–Trinajstić information content (AvgIpc) is 3.10. The molecule has 1 amide bonds. The lowest BCUT2D eigenvalue weighted by atomic mass is 10.3. The molecule has 0 spiro atoms. The normalized spacial score (nSPS) is 10.9. The van der Waals surface area contributed by atoms with Crippen molar-refractivity contribution >= 4 is 68.8 Å². The lowest BCUT2D eigenvalue weighted by Gasteiger charge is -2.11. The van der Waals surface area contributed by atoms with Crippen LogP contribution in [0.15, 0.2) is 39.9 Å². The van der Waals surface area contributed by atoms with Gasteiger partial charge in [0.1, 0.15) is 0 Å². The third-order valence-electron chi connectivity index (χ3n) is 3.58. The van der Waals surface area contributed by atoms with Gasteiger partial charge in [0.05, 0.1) is 5.01 Å². The van der Waals surface area contributed by atoms with E-state index in [1.54, 1.807) is 18.4 Å². The molecule has 2 rings (SSSR count). The van der Waals surface area contributed by atoms with Crippen LogP contribution in [0.4, 0.5) is 5.69 Å². The number of guanidine groups is 1. The fourth-order valence-electron chi connectivity index (χ4n) is 2.19. The minimum atomic E-state index is -0.0369. The van der Waals surface area contributed by atoms with Crippen molar-refractivity contribution in [1.29, 1.82) is 0 Å². The van der Waals surface area contributed by atoms with E-state index in [0.29, 0.717) is 18.9 Å². The highest BCUT2D eigenvalue weighted by Gasteiger charge is 2.05. The van der Waals surface area contributed by atoms with Crippen LogP contribution in [0, 0.1) is 0 Å². The number of carbonyl (C=O) groups excluding carboxylic acids is 1. The van der Waals surface area contributed by atoms with Crippen molar-refractivity contribution in [3.63, 3.8) is 0 Å². The number of thiazole rings is 1. The minimum absolute atomic E-state index is 0. The van der Waals surface area contributed by atoms with Gasteiger partial charge in [0, 0.05) is 54.2 Å². The van der Waals surface area contributed by atoms with E-state index in [1.807, 2.05) is 30.5 Å². The molecule has 0 atom stereocenters. The van der Waals surface area contributed by atoms with Crippen LogP contribution in [0.3, 0.4) is 0 Å². The molecule has 0 aliphatic carbocycles. The second-order valence-electron chi connectivity index (χ2n) is 5.55. The van der Waals surface area contributed by atoms with Gasteiger partial charge in [-0.3, -0.25) is 9.79 Å². The molecule has 9 heteroatoms. The Morgan fingerprint density at radius 3 is 2.56 bits per heavy atom. The van der Waals surface area contributed by atoms with E-state index in [9.17, 15) is 4.79 Å². The number of hydrogen-bond donors (Lipinski definition) is 3. The summed E-state index contributed by atoms with van der Waals surface area (Å²) in [6.07, 6.45) is 4.19. The van der Waals surface area contributed by atoms with Crippen molar-refractivity contribution in [3.8, 4) is 0 Å². The highest BCUT2D eigenvalue weighted by Crippen LogP contribution is 2.14. The van der Waals surface area contributed by atoms with E-state index < -0.39 is 0 Å². The van der Waals surface area contributed by atoms with E-state index >= 15 is 0 Å². The second-order valence-corrected chi connectivity index (χ2v) is 7.67. The Kier molecular flexibility index (Phi) is 11.5. The van der Waals surface area contributed by atoms with Crippen LogP contribution in [-0.2, 0) is 17.6 Å². The molecular weight excluding hydrogens is 541 g/mol. The maximum Gasteiger partial charge on any atom is 0.226 e. The van der Waals surface area contributed by atoms with E-state index in [0.717, 1.165) is 34.6 Å². The Morgan fingerprint density at radius 1 is 1.22 bits per heavy atom. The maximum absolute atomic E-state index is 12.0. The quantitative estimate of drug-likeness (QED) is 0.258. The molecule has 0 bridgehead atoms. The molecule has 0 fully saturated rings. The molecule has 0 aliphatic heterocycles. The Morgan fingerprint density at radius 2 is 1.93 bits per heavy atom. The molecule has 1 heterocycles. The smallest absolute Gasteiger partial charge is 0.226 e. The summed E-state index contributed by atoms with van der Waals surface area (Å²) >= 11 is 5.12. The van der Waals surface area contributed by atoms with E-state index in [4.69, 9.17) is 0 Å². The van der Waals surface area contributed by atoms with Crippen molar-refractivity contribution in [2.75, 3.05) is 25.5 Å². The van der Waals surface area contributed by atoms with Crippen LogP contribution in [0.5, 0.6) is 0 Å². The first-order valence-corrected chi connectivity index (χ1v) is 10.1. The van der Waals surface area contributed by atoms with E-state index in [2.05, 4.69) is 48.8 Å². The van der Waals surface area contributed by atoms with Gasteiger partial charge in [-0.25, -0.2) is 4.98 Å². The Bertz CT molecular complexity index is 736. The highest BCUT2D eigenvalue weighted by atomic mass is 127. The number of carbonyl (C=O) groups is 1.